The van der Waals surface area contributed by atoms with Gasteiger partial charge in [0.05, 0.1) is 0 Å². The van der Waals surface area contributed by atoms with E-state index in [1.807, 2.05) is 13.8 Å². The summed E-state index contributed by atoms with van der Waals surface area (Å²) >= 11 is 0. The Bertz CT molecular complexity index is 319. The maximum Gasteiger partial charge on any atom is 0.193 e. The lowest BCUT2D eigenvalue weighted by Crippen LogP contribution is -2.41. The van der Waals surface area contributed by atoms with Gasteiger partial charge in [0.15, 0.2) is 5.96 Å². The van der Waals surface area contributed by atoms with E-state index < -0.39 is 0 Å². The standard InChI is InChI=1S/C10H14FN3/c1-7(2)14(10(12)13)9-5-3-8(11)4-6-9/h3-7H,1-2H3,(H3,12,13). The lowest BCUT2D eigenvalue weighted by molar-refractivity contribution is 0.627. The monoisotopic (exact) mass is 195 g/mol. The topological polar surface area (TPSA) is 53.1 Å². The van der Waals surface area contributed by atoms with E-state index in [2.05, 4.69) is 0 Å². The summed E-state index contributed by atoms with van der Waals surface area (Å²) in [5.74, 6) is -0.326. The zero-order chi connectivity index (χ0) is 10.7. The molecule has 0 saturated carbocycles. The van der Waals surface area contributed by atoms with E-state index in [0.29, 0.717) is 0 Å². The van der Waals surface area contributed by atoms with Crippen LogP contribution >= 0.6 is 0 Å². The molecule has 0 aliphatic carbocycles. The van der Waals surface area contributed by atoms with E-state index >= 15 is 0 Å². The fraction of sp³-hybridized carbons (Fsp3) is 0.300. The smallest absolute Gasteiger partial charge is 0.193 e. The van der Waals surface area contributed by atoms with Gasteiger partial charge in [-0.15, -0.1) is 0 Å². The Labute approximate surface area is 82.8 Å². The summed E-state index contributed by atoms with van der Waals surface area (Å²) in [7, 11) is 0. The minimum absolute atomic E-state index is 0.0355. The van der Waals surface area contributed by atoms with Crippen molar-refractivity contribution in [1.29, 1.82) is 5.41 Å². The van der Waals surface area contributed by atoms with E-state index in [1.54, 1.807) is 17.0 Å². The highest BCUT2D eigenvalue weighted by Crippen LogP contribution is 2.16. The van der Waals surface area contributed by atoms with Gasteiger partial charge in [-0.3, -0.25) is 5.41 Å². The van der Waals surface area contributed by atoms with E-state index in [9.17, 15) is 4.39 Å². The van der Waals surface area contributed by atoms with Crippen LogP contribution in [0.4, 0.5) is 10.1 Å². The lowest BCUT2D eigenvalue weighted by atomic mass is 10.2. The number of guanidine groups is 1. The van der Waals surface area contributed by atoms with Gasteiger partial charge in [-0.1, -0.05) is 0 Å². The number of rotatable bonds is 2. The second-order valence-corrected chi connectivity index (χ2v) is 3.33. The molecule has 0 bridgehead atoms. The maximum absolute atomic E-state index is 12.6. The fourth-order valence-electron chi connectivity index (χ4n) is 1.32. The van der Waals surface area contributed by atoms with Crippen LogP contribution in [0.2, 0.25) is 0 Å². The predicted octanol–water partition coefficient (Wildman–Crippen LogP) is 1.93. The van der Waals surface area contributed by atoms with Gasteiger partial charge < -0.3 is 10.6 Å². The third-order valence-electron chi connectivity index (χ3n) is 1.88. The van der Waals surface area contributed by atoms with Crippen LogP contribution in [0, 0.1) is 11.2 Å². The number of nitrogens with one attached hydrogen (secondary N) is 1. The van der Waals surface area contributed by atoms with Gasteiger partial charge >= 0.3 is 0 Å². The predicted molar refractivity (Wildman–Crippen MR) is 55.9 cm³/mol. The molecule has 0 amide bonds. The number of nitrogens with two attached hydrogens (primary N) is 1. The molecule has 4 heteroatoms. The van der Waals surface area contributed by atoms with Gasteiger partial charge in [0.25, 0.3) is 0 Å². The second kappa shape index (κ2) is 4.09. The Morgan fingerprint density at radius 1 is 1.36 bits per heavy atom. The molecule has 1 aromatic carbocycles. The van der Waals surface area contributed by atoms with Gasteiger partial charge in [0.1, 0.15) is 5.82 Å². The quantitative estimate of drug-likeness (QED) is 0.559. The van der Waals surface area contributed by atoms with Crippen LogP contribution in [0.5, 0.6) is 0 Å². The first kappa shape index (κ1) is 10.5. The summed E-state index contributed by atoms with van der Waals surface area (Å²) in [4.78, 5) is 1.62. The Balaban J connectivity index is 3.00. The van der Waals surface area contributed by atoms with Gasteiger partial charge in [0, 0.05) is 11.7 Å². The number of benzene rings is 1. The van der Waals surface area contributed by atoms with Gasteiger partial charge in [0.2, 0.25) is 0 Å². The van der Waals surface area contributed by atoms with Crippen molar-refractivity contribution < 1.29 is 4.39 Å². The zero-order valence-electron chi connectivity index (χ0n) is 8.29. The van der Waals surface area contributed by atoms with Crippen molar-refractivity contribution in [1.82, 2.24) is 0 Å². The first-order valence-corrected chi connectivity index (χ1v) is 4.41. The summed E-state index contributed by atoms with van der Waals surface area (Å²) in [6.07, 6.45) is 0. The summed E-state index contributed by atoms with van der Waals surface area (Å²) in [6, 6.07) is 6.01. The Hall–Kier alpha value is -1.58. The third kappa shape index (κ3) is 2.22. The molecular weight excluding hydrogens is 181 g/mol. The average Bonchev–Trinajstić information content (AvgIpc) is 2.07. The molecule has 76 valence electrons. The average molecular weight is 195 g/mol. The van der Waals surface area contributed by atoms with Crippen molar-refractivity contribution in [3.8, 4) is 0 Å². The summed E-state index contributed by atoms with van der Waals surface area (Å²) in [6.45, 7) is 3.84. The molecule has 3 nitrogen and oxygen atoms in total. The van der Waals surface area contributed by atoms with Crippen molar-refractivity contribution in [3.63, 3.8) is 0 Å². The van der Waals surface area contributed by atoms with Crippen LogP contribution in [-0.2, 0) is 0 Å². The molecule has 0 spiro atoms. The number of hydrogen-bond acceptors (Lipinski definition) is 1. The molecule has 0 aromatic heterocycles. The van der Waals surface area contributed by atoms with Crippen LogP contribution in [-0.4, -0.2) is 12.0 Å². The van der Waals surface area contributed by atoms with Crippen LogP contribution in [0.15, 0.2) is 24.3 Å². The molecule has 0 aliphatic heterocycles. The van der Waals surface area contributed by atoms with Crippen molar-refractivity contribution in [2.24, 2.45) is 5.73 Å². The Morgan fingerprint density at radius 2 is 1.86 bits per heavy atom. The van der Waals surface area contributed by atoms with Crippen LogP contribution in [0.3, 0.4) is 0 Å². The number of nitrogens with zero attached hydrogens (tertiary/aromatic N) is 1. The molecule has 0 fully saturated rings. The van der Waals surface area contributed by atoms with Crippen molar-refractivity contribution >= 4 is 11.6 Å². The Kier molecular flexibility index (Phi) is 3.06. The molecule has 0 saturated heterocycles. The maximum atomic E-state index is 12.6. The van der Waals surface area contributed by atoms with E-state index in [1.165, 1.54) is 12.1 Å². The highest BCUT2D eigenvalue weighted by Gasteiger charge is 2.12. The van der Waals surface area contributed by atoms with Crippen LogP contribution in [0.1, 0.15) is 13.8 Å². The summed E-state index contributed by atoms with van der Waals surface area (Å²) < 4.78 is 12.6. The summed E-state index contributed by atoms with van der Waals surface area (Å²) in [5.41, 5.74) is 6.15. The minimum Gasteiger partial charge on any atom is -0.370 e. The molecule has 1 aromatic rings. The number of hydrogen-bond donors (Lipinski definition) is 2. The van der Waals surface area contributed by atoms with Crippen molar-refractivity contribution in [2.45, 2.75) is 19.9 Å². The van der Waals surface area contributed by atoms with Gasteiger partial charge in [-0.25, -0.2) is 4.39 Å². The van der Waals surface area contributed by atoms with Gasteiger partial charge in [-0.2, -0.15) is 0 Å². The van der Waals surface area contributed by atoms with Crippen molar-refractivity contribution in [2.75, 3.05) is 4.90 Å². The molecule has 3 N–H and O–H groups in total. The Morgan fingerprint density at radius 3 is 2.21 bits per heavy atom. The molecule has 0 unspecified atom stereocenters. The number of halogens is 1. The molecular formula is C10H14FN3. The SMILES string of the molecule is CC(C)N(C(=N)N)c1ccc(F)cc1. The minimum atomic E-state index is -0.291. The molecule has 0 aliphatic rings. The molecule has 14 heavy (non-hydrogen) atoms. The first-order chi connectivity index (χ1) is 6.52. The second-order valence-electron chi connectivity index (χ2n) is 3.33. The fourth-order valence-corrected chi connectivity index (χ4v) is 1.32. The van der Waals surface area contributed by atoms with E-state index in [0.717, 1.165) is 5.69 Å². The largest absolute Gasteiger partial charge is 0.370 e. The highest BCUT2D eigenvalue weighted by molar-refractivity contribution is 5.92. The first-order valence-electron chi connectivity index (χ1n) is 4.41. The third-order valence-corrected chi connectivity index (χ3v) is 1.88. The normalized spacial score (nSPS) is 10.3. The van der Waals surface area contributed by atoms with Crippen molar-refractivity contribution in [3.05, 3.63) is 30.1 Å². The molecule has 0 radical (unpaired) electrons. The molecule has 0 heterocycles. The molecule has 1 rings (SSSR count). The van der Waals surface area contributed by atoms with Crippen LogP contribution in [0.25, 0.3) is 0 Å². The molecule has 0 atom stereocenters. The highest BCUT2D eigenvalue weighted by atomic mass is 19.1. The van der Waals surface area contributed by atoms with Gasteiger partial charge in [-0.05, 0) is 38.1 Å². The number of anilines is 1. The zero-order valence-corrected chi connectivity index (χ0v) is 8.29. The van der Waals surface area contributed by atoms with E-state index in [4.69, 9.17) is 11.1 Å². The van der Waals surface area contributed by atoms with Crippen LogP contribution < -0.4 is 10.6 Å². The van der Waals surface area contributed by atoms with E-state index in [-0.39, 0.29) is 17.8 Å². The summed E-state index contributed by atoms with van der Waals surface area (Å²) in [5, 5.41) is 7.38. The lowest BCUT2D eigenvalue weighted by Gasteiger charge is -2.26.